The van der Waals surface area contributed by atoms with Gasteiger partial charge < -0.3 is 10.6 Å². The Bertz CT molecular complexity index is 972. The lowest BCUT2D eigenvalue weighted by Crippen LogP contribution is -2.43. The minimum absolute atomic E-state index is 0.349. The van der Waals surface area contributed by atoms with E-state index >= 15 is 0 Å². The van der Waals surface area contributed by atoms with Crippen LogP contribution in [0.2, 0.25) is 10.0 Å². The summed E-state index contributed by atoms with van der Waals surface area (Å²) in [5.74, 6) is 0. The molecule has 1 aromatic heterocycles. The molecule has 3 aromatic rings. The number of hydrogen-bond donors (Lipinski definition) is 2. The van der Waals surface area contributed by atoms with Crippen molar-refractivity contribution in [3.63, 3.8) is 0 Å². The number of amides is 2. The number of aromatic nitrogens is 4. The maximum absolute atomic E-state index is 12.5. The second-order valence-corrected chi connectivity index (χ2v) is 7.40. The van der Waals surface area contributed by atoms with Gasteiger partial charge in [0.05, 0.1) is 21.3 Å². The number of rotatable bonds is 4. The van der Waals surface area contributed by atoms with Crippen LogP contribution in [0, 0.1) is 6.92 Å². The molecule has 3 rings (SSSR count). The van der Waals surface area contributed by atoms with E-state index in [0.29, 0.717) is 15.7 Å². The number of carbonyl (C=O) groups excluding carboxylic acids is 1. The lowest BCUT2D eigenvalue weighted by Gasteiger charge is -2.27. The van der Waals surface area contributed by atoms with E-state index in [4.69, 9.17) is 23.2 Å². The summed E-state index contributed by atoms with van der Waals surface area (Å²) in [6.07, 6.45) is 1.50. The van der Waals surface area contributed by atoms with Gasteiger partial charge in [0, 0.05) is 5.69 Å². The number of anilines is 1. The molecule has 0 bridgehead atoms. The van der Waals surface area contributed by atoms with Crippen molar-refractivity contribution in [1.29, 1.82) is 0 Å². The molecule has 7 nitrogen and oxygen atoms in total. The maximum Gasteiger partial charge on any atom is 0.319 e. The number of tetrazole rings is 1. The molecule has 2 aromatic carbocycles. The minimum Gasteiger partial charge on any atom is -0.329 e. The van der Waals surface area contributed by atoms with Gasteiger partial charge >= 0.3 is 6.03 Å². The molecular weight excluding hydrogens is 387 g/mol. The van der Waals surface area contributed by atoms with Crippen molar-refractivity contribution in [2.24, 2.45) is 0 Å². The standard InChI is InChI=1S/C18H18Cl2N6O/c1-11-4-6-13(9-16(11)26-10-21-24-25-26)22-17(27)23-18(2,3)12-5-7-14(19)15(20)8-12/h4-10H,1-3H3,(H2,22,23,27). The Hall–Kier alpha value is -2.64. The van der Waals surface area contributed by atoms with Crippen LogP contribution in [-0.4, -0.2) is 26.2 Å². The largest absolute Gasteiger partial charge is 0.329 e. The van der Waals surface area contributed by atoms with Gasteiger partial charge in [-0.15, -0.1) is 5.10 Å². The molecule has 0 aliphatic heterocycles. The first-order valence-electron chi connectivity index (χ1n) is 8.15. The van der Waals surface area contributed by atoms with Gasteiger partial charge in [0.15, 0.2) is 0 Å². The summed E-state index contributed by atoms with van der Waals surface area (Å²) in [7, 11) is 0. The molecular formula is C18H18Cl2N6O. The zero-order valence-electron chi connectivity index (χ0n) is 15.0. The van der Waals surface area contributed by atoms with Gasteiger partial charge in [0.2, 0.25) is 0 Å². The van der Waals surface area contributed by atoms with Crippen LogP contribution < -0.4 is 10.6 Å². The zero-order valence-corrected chi connectivity index (χ0v) is 16.5. The summed E-state index contributed by atoms with van der Waals surface area (Å²) in [4.78, 5) is 12.5. The normalized spacial score (nSPS) is 11.3. The third kappa shape index (κ3) is 4.37. The van der Waals surface area contributed by atoms with E-state index in [2.05, 4.69) is 26.2 Å². The molecule has 2 N–H and O–H groups in total. The van der Waals surface area contributed by atoms with Crippen LogP contribution in [0.1, 0.15) is 25.0 Å². The molecule has 0 spiro atoms. The van der Waals surface area contributed by atoms with Crippen molar-refractivity contribution < 1.29 is 4.79 Å². The van der Waals surface area contributed by atoms with E-state index in [1.807, 2.05) is 39.0 Å². The first kappa shape index (κ1) is 19.1. The number of hydrogen-bond acceptors (Lipinski definition) is 4. The third-order valence-electron chi connectivity index (χ3n) is 4.13. The number of nitrogens with zero attached hydrogens (tertiary/aromatic N) is 4. The zero-order chi connectivity index (χ0) is 19.6. The fourth-order valence-corrected chi connectivity index (χ4v) is 2.91. The fraction of sp³-hybridized carbons (Fsp3) is 0.222. The molecule has 0 fully saturated rings. The summed E-state index contributed by atoms with van der Waals surface area (Å²) < 4.78 is 1.54. The van der Waals surface area contributed by atoms with Crippen LogP contribution in [0.15, 0.2) is 42.7 Å². The molecule has 0 aliphatic rings. The summed E-state index contributed by atoms with van der Waals surface area (Å²) in [5.41, 5.74) is 2.56. The number of carbonyl (C=O) groups is 1. The average Bonchev–Trinajstić information content (AvgIpc) is 3.12. The van der Waals surface area contributed by atoms with Crippen LogP contribution in [0.5, 0.6) is 0 Å². The quantitative estimate of drug-likeness (QED) is 0.677. The molecule has 0 aliphatic carbocycles. The number of nitrogens with one attached hydrogen (secondary N) is 2. The SMILES string of the molecule is Cc1ccc(NC(=O)NC(C)(C)c2ccc(Cl)c(Cl)c2)cc1-n1cnnn1. The van der Waals surface area contributed by atoms with Crippen LogP contribution in [0.3, 0.4) is 0 Å². The van der Waals surface area contributed by atoms with Gasteiger partial charge in [-0.05, 0) is 66.6 Å². The highest BCUT2D eigenvalue weighted by Gasteiger charge is 2.23. The minimum atomic E-state index is -0.651. The summed E-state index contributed by atoms with van der Waals surface area (Å²) in [5, 5.41) is 17.8. The molecule has 140 valence electrons. The highest BCUT2D eigenvalue weighted by molar-refractivity contribution is 6.42. The molecule has 2 amide bonds. The van der Waals surface area contributed by atoms with Gasteiger partial charge in [0.25, 0.3) is 0 Å². The van der Waals surface area contributed by atoms with Crippen molar-refractivity contribution in [2.45, 2.75) is 26.3 Å². The number of halogens is 2. The lowest BCUT2D eigenvalue weighted by atomic mass is 9.94. The molecule has 0 radical (unpaired) electrons. The fourth-order valence-electron chi connectivity index (χ4n) is 2.61. The monoisotopic (exact) mass is 404 g/mol. The summed E-state index contributed by atoms with van der Waals surface area (Å²) in [6, 6.07) is 10.4. The Labute approximate surface area is 166 Å². The van der Waals surface area contributed by atoms with E-state index in [0.717, 1.165) is 16.8 Å². The highest BCUT2D eigenvalue weighted by atomic mass is 35.5. The van der Waals surface area contributed by atoms with Crippen molar-refractivity contribution in [3.8, 4) is 5.69 Å². The first-order valence-corrected chi connectivity index (χ1v) is 8.90. The van der Waals surface area contributed by atoms with Crippen molar-refractivity contribution >= 4 is 34.9 Å². The summed E-state index contributed by atoms with van der Waals surface area (Å²) >= 11 is 12.1. The highest BCUT2D eigenvalue weighted by Crippen LogP contribution is 2.28. The Morgan fingerprint density at radius 1 is 1.11 bits per heavy atom. The number of benzene rings is 2. The van der Waals surface area contributed by atoms with Crippen molar-refractivity contribution in [1.82, 2.24) is 25.5 Å². The maximum atomic E-state index is 12.5. The molecule has 1 heterocycles. The second-order valence-electron chi connectivity index (χ2n) is 6.59. The first-order chi connectivity index (χ1) is 12.8. The van der Waals surface area contributed by atoms with E-state index in [-0.39, 0.29) is 6.03 Å². The van der Waals surface area contributed by atoms with Gasteiger partial charge in [-0.1, -0.05) is 35.3 Å². The lowest BCUT2D eigenvalue weighted by molar-refractivity contribution is 0.242. The molecule has 0 saturated heterocycles. The van der Waals surface area contributed by atoms with Gasteiger partial charge in [-0.25, -0.2) is 9.48 Å². The Balaban J connectivity index is 1.75. The molecule has 0 atom stereocenters. The van der Waals surface area contributed by atoms with E-state index in [1.54, 1.807) is 18.2 Å². The van der Waals surface area contributed by atoms with E-state index in [9.17, 15) is 4.79 Å². The van der Waals surface area contributed by atoms with E-state index in [1.165, 1.54) is 11.0 Å². The van der Waals surface area contributed by atoms with E-state index < -0.39 is 5.54 Å². The molecule has 0 saturated carbocycles. The Morgan fingerprint density at radius 2 is 1.89 bits per heavy atom. The van der Waals surface area contributed by atoms with Gasteiger partial charge in [-0.2, -0.15) is 0 Å². The number of urea groups is 1. The Kier molecular flexibility index (Phi) is 5.34. The smallest absolute Gasteiger partial charge is 0.319 e. The molecule has 0 unspecified atom stereocenters. The predicted octanol–water partition coefficient (Wildman–Crippen LogP) is 4.33. The van der Waals surface area contributed by atoms with Crippen LogP contribution in [0.25, 0.3) is 5.69 Å². The Morgan fingerprint density at radius 3 is 2.56 bits per heavy atom. The third-order valence-corrected chi connectivity index (χ3v) is 4.87. The molecule has 9 heteroatoms. The number of aryl methyl sites for hydroxylation is 1. The molecule has 27 heavy (non-hydrogen) atoms. The van der Waals surface area contributed by atoms with Crippen LogP contribution in [-0.2, 0) is 5.54 Å². The van der Waals surface area contributed by atoms with Crippen LogP contribution >= 0.6 is 23.2 Å². The van der Waals surface area contributed by atoms with Gasteiger partial charge in [0.1, 0.15) is 6.33 Å². The van der Waals surface area contributed by atoms with Crippen LogP contribution in [0.4, 0.5) is 10.5 Å². The van der Waals surface area contributed by atoms with Gasteiger partial charge in [-0.3, -0.25) is 0 Å². The predicted molar refractivity (Wildman–Crippen MR) is 106 cm³/mol. The summed E-state index contributed by atoms with van der Waals surface area (Å²) in [6.45, 7) is 5.70. The topological polar surface area (TPSA) is 84.7 Å². The van der Waals surface area contributed by atoms with Crippen molar-refractivity contribution in [2.75, 3.05) is 5.32 Å². The average molecular weight is 405 g/mol. The second kappa shape index (κ2) is 7.54. The van der Waals surface area contributed by atoms with Crippen molar-refractivity contribution in [3.05, 3.63) is 63.9 Å².